The Balaban J connectivity index is 2.02. The Bertz CT molecular complexity index is 523. The number of rotatable bonds is 7. The van der Waals surface area contributed by atoms with Gasteiger partial charge in [-0.25, -0.2) is 4.39 Å². The first-order valence-electron chi connectivity index (χ1n) is 7.29. The Morgan fingerprint density at radius 1 is 0.762 bits per heavy atom. The van der Waals surface area contributed by atoms with Crippen LogP contribution in [0.25, 0.3) is 0 Å². The molecule has 0 heterocycles. The van der Waals surface area contributed by atoms with E-state index < -0.39 is 0 Å². The fraction of sp³-hybridized carbons (Fsp3) is 0.333. The van der Waals surface area contributed by atoms with Crippen LogP contribution in [0.15, 0.2) is 54.6 Å². The molecule has 0 N–H and O–H groups in total. The van der Waals surface area contributed by atoms with E-state index in [1.807, 2.05) is 18.2 Å². The zero-order chi connectivity index (χ0) is 15.1. The zero-order valence-electron chi connectivity index (χ0n) is 12.8. The summed E-state index contributed by atoms with van der Waals surface area (Å²) in [6.07, 6.45) is 0. The highest BCUT2D eigenvalue weighted by Gasteiger charge is 2.08. The van der Waals surface area contributed by atoms with E-state index in [0.717, 1.165) is 31.7 Å². The normalized spacial score (nSPS) is 11.3. The van der Waals surface area contributed by atoms with E-state index in [2.05, 4.69) is 48.2 Å². The molecule has 0 radical (unpaired) electrons. The maximum absolute atomic E-state index is 13.0. The van der Waals surface area contributed by atoms with Gasteiger partial charge in [-0.15, -0.1) is 0 Å². The van der Waals surface area contributed by atoms with Crippen molar-refractivity contribution in [3.63, 3.8) is 0 Å². The average molecular weight is 286 g/mol. The van der Waals surface area contributed by atoms with Gasteiger partial charge in [0.05, 0.1) is 0 Å². The number of benzene rings is 2. The van der Waals surface area contributed by atoms with Gasteiger partial charge in [-0.1, -0.05) is 42.5 Å². The van der Waals surface area contributed by atoms with Crippen LogP contribution < -0.4 is 0 Å². The molecule has 0 atom stereocenters. The summed E-state index contributed by atoms with van der Waals surface area (Å²) in [4.78, 5) is 4.57. The predicted molar refractivity (Wildman–Crippen MR) is 85.5 cm³/mol. The van der Waals surface area contributed by atoms with Crippen LogP contribution in [-0.2, 0) is 13.1 Å². The minimum absolute atomic E-state index is 0.179. The van der Waals surface area contributed by atoms with Crippen molar-refractivity contribution < 1.29 is 4.39 Å². The van der Waals surface area contributed by atoms with Crippen molar-refractivity contribution in [2.24, 2.45) is 0 Å². The third kappa shape index (κ3) is 5.66. The van der Waals surface area contributed by atoms with Crippen LogP contribution >= 0.6 is 0 Å². The van der Waals surface area contributed by atoms with Crippen LogP contribution in [0.4, 0.5) is 4.39 Å². The van der Waals surface area contributed by atoms with Crippen molar-refractivity contribution in [1.82, 2.24) is 9.80 Å². The molecule has 2 nitrogen and oxygen atoms in total. The molecule has 0 aliphatic carbocycles. The van der Waals surface area contributed by atoms with Crippen LogP contribution in [-0.4, -0.2) is 37.0 Å². The summed E-state index contributed by atoms with van der Waals surface area (Å²) in [5.41, 5.74) is 2.45. The number of hydrogen-bond acceptors (Lipinski definition) is 2. The lowest BCUT2D eigenvalue weighted by atomic mass is 10.1. The van der Waals surface area contributed by atoms with Crippen molar-refractivity contribution in [2.75, 3.05) is 27.2 Å². The fourth-order valence-corrected chi connectivity index (χ4v) is 2.25. The molecule has 0 aromatic heterocycles. The highest BCUT2D eigenvalue weighted by molar-refractivity contribution is 5.17. The van der Waals surface area contributed by atoms with Gasteiger partial charge in [0.1, 0.15) is 5.82 Å². The zero-order valence-corrected chi connectivity index (χ0v) is 12.8. The van der Waals surface area contributed by atoms with E-state index in [-0.39, 0.29) is 5.82 Å². The maximum Gasteiger partial charge on any atom is 0.123 e. The number of halogens is 1. The Morgan fingerprint density at radius 2 is 1.33 bits per heavy atom. The molecular formula is C18H23FN2. The second-order valence-electron chi connectivity index (χ2n) is 5.63. The fourth-order valence-electron chi connectivity index (χ4n) is 2.25. The molecule has 2 aromatic rings. The van der Waals surface area contributed by atoms with Gasteiger partial charge >= 0.3 is 0 Å². The monoisotopic (exact) mass is 286 g/mol. The van der Waals surface area contributed by atoms with Crippen LogP contribution in [0.1, 0.15) is 11.1 Å². The third-order valence-corrected chi connectivity index (χ3v) is 3.43. The average Bonchev–Trinajstić information content (AvgIpc) is 2.48. The molecule has 0 bridgehead atoms. The van der Waals surface area contributed by atoms with Crippen LogP contribution in [0.2, 0.25) is 0 Å². The quantitative estimate of drug-likeness (QED) is 0.770. The van der Waals surface area contributed by atoms with E-state index >= 15 is 0 Å². The van der Waals surface area contributed by atoms with Gasteiger partial charge in [0.2, 0.25) is 0 Å². The molecule has 21 heavy (non-hydrogen) atoms. The molecule has 3 heteroatoms. The first-order valence-corrected chi connectivity index (χ1v) is 7.29. The third-order valence-electron chi connectivity index (χ3n) is 3.43. The van der Waals surface area contributed by atoms with E-state index in [0.29, 0.717) is 0 Å². The Hall–Kier alpha value is -1.71. The molecule has 2 rings (SSSR count). The van der Waals surface area contributed by atoms with Gasteiger partial charge < -0.3 is 4.90 Å². The first kappa shape index (κ1) is 15.7. The second kappa shape index (κ2) is 7.91. The van der Waals surface area contributed by atoms with Crippen LogP contribution in [0, 0.1) is 5.82 Å². The predicted octanol–water partition coefficient (Wildman–Crippen LogP) is 3.39. The summed E-state index contributed by atoms with van der Waals surface area (Å²) < 4.78 is 13.0. The highest BCUT2D eigenvalue weighted by Crippen LogP contribution is 2.10. The Labute approximate surface area is 126 Å². The summed E-state index contributed by atoms with van der Waals surface area (Å²) in [6, 6.07) is 17.2. The topological polar surface area (TPSA) is 6.48 Å². The van der Waals surface area contributed by atoms with E-state index in [1.54, 1.807) is 0 Å². The lowest BCUT2D eigenvalue weighted by Crippen LogP contribution is -2.31. The SMILES string of the molecule is CN(C)CCN(Cc1ccccc1)Cc1ccc(F)cc1. The molecule has 0 amide bonds. The lowest BCUT2D eigenvalue weighted by molar-refractivity contribution is 0.226. The van der Waals surface area contributed by atoms with Crippen molar-refractivity contribution in [3.05, 3.63) is 71.5 Å². The summed E-state index contributed by atoms with van der Waals surface area (Å²) in [5.74, 6) is -0.179. The molecule has 0 saturated heterocycles. The summed E-state index contributed by atoms with van der Waals surface area (Å²) in [7, 11) is 4.16. The largest absolute Gasteiger partial charge is 0.308 e. The van der Waals surface area contributed by atoms with Gasteiger partial charge in [0, 0.05) is 26.2 Å². The van der Waals surface area contributed by atoms with Gasteiger partial charge in [0.15, 0.2) is 0 Å². The molecule has 0 spiro atoms. The van der Waals surface area contributed by atoms with E-state index in [1.165, 1.54) is 17.7 Å². The molecular weight excluding hydrogens is 263 g/mol. The number of likely N-dealkylation sites (N-methyl/N-ethyl adjacent to an activating group) is 1. The second-order valence-corrected chi connectivity index (χ2v) is 5.63. The van der Waals surface area contributed by atoms with Crippen molar-refractivity contribution in [2.45, 2.75) is 13.1 Å². The Morgan fingerprint density at radius 3 is 1.90 bits per heavy atom. The van der Waals surface area contributed by atoms with Crippen molar-refractivity contribution in [1.29, 1.82) is 0 Å². The molecule has 0 fully saturated rings. The molecule has 2 aromatic carbocycles. The van der Waals surface area contributed by atoms with E-state index in [4.69, 9.17) is 0 Å². The Kier molecular flexibility index (Phi) is 5.90. The molecule has 0 unspecified atom stereocenters. The van der Waals surface area contributed by atoms with Crippen LogP contribution in [0.5, 0.6) is 0 Å². The van der Waals surface area contributed by atoms with Crippen LogP contribution in [0.3, 0.4) is 0 Å². The van der Waals surface area contributed by atoms with Gasteiger partial charge in [-0.3, -0.25) is 4.90 Å². The maximum atomic E-state index is 13.0. The summed E-state index contributed by atoms with van der Waals surface area (Å²) >= 11 is 0. The lowest BCUT2D eigenvalue weighted by Gasteiger charge is -2.24. The van der Waals surface area contributed by atoms with Crippen molar-refractivity contribution in [3.8, 4) is 0 Å². The summed E-state index contributed by atoms with van der Waals surface area (Å²) in [6.45, 7) is 3.74. The molecule has 0 aliphatic heterocycles. The van der Waals surface area contributed by atoms with Crippen molar-refractivity contribution >= 4 is 0 Å². The van der Waals surface area contributed by atoms with Gasteiger partial charge in [-0.2, -0.15) is 0 Å². The standard InChI is InChI=1S/C18H23FN2/c1-20(2)12-13-21(14-16-6-4-3-5-7-16)15-17-8-10-18(19)11-9-17/h3-11H,12-15H2,1-2H3. The highest BCUT2D eigenvalue weighted by atomic mass is 19.1. The molecule has 0 aliphatic rings. The number of nitrogens with zero attached hydrogens (tertiary/aromatic N) is 2. The number of hydrogen-bond donors (Lipinski definition) is 0. The van der Waals surface area contributed by atoms with E-state index in [9.17, 15) is 4.39 Å². The molecule has 112 valence electrons. The van der Waals surface area contributed by atoms with Gasteiger partial charge in [-0.05, 0) is 37.4 Å². The smallest absolute Gasteiger partial charge is 0.123 e. The summed E-state index contributed by atoms with van der Waals surface area (Å²) in [5, 5.41) is 0. The van der Waals surface area contributed by atoms with Gasteiger partial charge in [0.25, 0.3) is 0 Å². The molecule has 0 saturated carbocycles. The minimum Gasteiger partial charge on any atom is -0.308 e. The first-order chi connectivity index (χ1) is 10.1. The minimum atomic E-state index is -0.179.